The van der Waals surface area contributed by atoms with Crippen molar-refractivity contribution in [1.82, 2.24) is 15.3 Å². The third kappa shape index (κ3) is 3.77. The maximum atomic E-state index is 12.1. The third-order valence-electron chi connectivity index (χ3n) is 2.75. The first kappa shape index (κ1) is 14.5. The van der Waals surface area contributed by atoms with Crippen LogP contribution in [0.25, 0.3) is 0 Å². The molecule has 0 fully saturated rings. The van der Waals surface area contributed by atoms with Crippen LogP contribution in [-0.4, -0.2) is 29.0 Å². The van der Waals surface area contributed by atoms with Gasteiger partial charge in [0.05, 0.1) is 16.4 Å². The van der Waals surface area contributed by atoms with E-state index in [0.29, 0.717) is 13.1 Å². The van der Waals surface area contributed by atoms with Crippen molar-refractivity contribution in [1.29, 1.82) is 0 Å². The largest absolute Gasteiger partial charge is 0.382 e. The van der Waals surface area contributed by atoms with E-state index in [9.17, 15) is 4.79 Å². The van der Waals surface area contributed by atoms with E-state index in [-0.39, 0.29) is 5.91 Å². The summed E-state index contributed by atoms with van der Waals surface area (Å²) in [5.41, 5.74) is 1.83. The maximum Gasteiger partial charge on any atom is 0.263 e. The zero-order chi connectivity index (χ0) is 14.4. The summed E-state index contributed by atoms with van der Waals surface area (Å²) in [6, 6.07) is 3.81. The van der Waals surface area contributed by atoms with Gasteiger partial charge in [-0.2, -0.15) is 0 Å². The highest BCUT2D eigenvalue weighted by atomic mass is 32.1. The number of hydrogen-bond donors (Lipinski definition) is 2. The molecule has 0 bridgehead atoms. The Balaban J connectivity index is 1.80. The molecule has 0 saturated carbocycles. The van der Waals surface area contributed by atoms with Gasteiger partial charge in [0, 0.05) is 25.5 Å². The normalized spacial score (nSPS) is 10.3. The number of aromatic nitrogens is 2. The molecule has 0 radical (unpaired) electrons. The number of amides is 1. The Bertz CT molecular complexity index is 568. The quantitative estimate of drug-likeness (QED) is 0.801. The number of nitrogens with zero attached hydrogens (tertiary/aromatic N) is 2. The van der Waals surface area contributed by atoms with Crippen LogP contribution in [-0.2, 0) is 6.42 Å². The SMILES string of the molecule is CCc1nc(C)sc1C(=O)NCCNc1cccnc1. The van der Waals surface area contributed by atoms with Gasteiger partial charge in [0.15, 0.2) is 0 Å². The van der Waals surface area contributed by atoms with Crippen molar-refractivity contribution in [3.05, 3.63) is 40.1 Å². The van der Waals surface area contributed by atoms with E-state index >= 15 is 0 Å². The summed E-state index contributed by atoms with van der Waals surface area (Å²) < 4.78 is 0. The zero-order valence-corrected chi connectivity index (χ0v) is 12.5. The summed E-state index contributed by atoms with van der Waals surface area (Å²) in [7, 11) is 0. The molecular formula is C14H18N4OS. The van der Waals surface area contributed by atoms with Crippen molar-refractivity contribution in [2.24, 2.45) is 0 Å². The molecule has 0 atom stereocenters. The van der Waals surface area contributed by atoms with Crippen LogP contribution in [0, 0.1) is 6.92 Å². The Hall–Kier alpha value is -1.95. The van der Waals surface area contributed by atoms with Crippen molar-refractivity contribution in [3.8, 4) is 0 Å². The number of pyridine rings is 1. The minimum atomic E-state index is -0.0413. The molecule has 0 aliphatic carbocycles. The zero-order valence-electron chi connectivity index (χ0n) is 11.6. The predicted octanol–water partition coefficient (Wildman–Crippen LogP) is 2.25. The first-order chi connectivity index (χ1) is 9.70. The van der Waals surface area contributed by atoms with Gasteiger partial charge in [-0.05, 0) is 25.5 Å². The minimum Gasteiger partial charge on any atom is -0.382 e. The van der Waals surface area contributed by atoms with Crippen molar-refractivity contribution in [2.75, 3.05) is 18.4 Å². The molecule has 0 saturated heterocycles. The average molecular weight is 290 g/mol. The second-order valence-corrected chi connectivity index (χ2v) is 5.49. The number of aryl methyl sites for hydroxylation is 2. The van der Waals surface area contributed by atoms with Crippen molar-refractivity contribution in [3.63, 3.8) is 0 Å². The molecule has 0 aliphatic heterocycles. The monoisotopic (exact) mass is 290 g/mol. The van der Waals surface area contributed by atoms with E-state index in [2.05, 4.69) is 20.6 Å². The lowest BCUT2D eigenvalue weighted by Crippen LogP contribution is -2.28. The number of carbonyl (C=O) groups is 1. The molecule has 5 nitrogen and oxygen atoms in total. The molecular weight excluding hydrogens is 272 g/mol. The number of thiazole rings is 1. The molecule has 20 heavy (non-hydrogen) atoms. The Morgan fingerprint density at radius 1 is 1.40 bits per heavy atom. The Morgan fingerprint density at radius 3 is 2.95 bits per heavy atom. The molecule has 106 valence electrons. The summed E-state index contributed by atoms with van der Waals surface area (Å²) in [6.45, 7) is 5.16. The fourth-order valence-corrected chi connectivity index (χ4v) is 2.74. The van der Waals surface area contributed by atoms with E-state index in [1.807, 2.05) is 26.0 Å². The molecule has 0 aromatic carbocycles. The molecule has 1 amide bonds. The number of hydrogen-bond acceptors (Lipinski definition) is 5. The second-order valence-electron chi connectivity index (χ2n) is 4.29. The van der Waals surface area contributed by atoms with Gasteiger partial charge in [0.25, 0.3) is 5.91 Å². The molecule has 0 unspecified atom stereocenters. The van der Waals surface area contributed by atoms with E-state index in [4.69, 9.17) is 0 Å². The molecule has 2 heterocycles. The number of nitrogens with one attached hydrogen (secondary N) is 2. The Kier molecular flexibility index (Phi) is 5.06. The molecule has 6 heteroatoms. The van der Waals surface area contributed by atoms with E-state index in [0.717, 1.165) is 27.7 Å². The van der Waals surface area contributed by atoms with Crippen LogP contribution >= 0.6 is 11.3 Å². The van der Waals surface area contributed by atoms with Crippen LogP contribution in [0.3, 0.4) is 0 Å². The van der Waals surface area contributed by atoms with Gasteiger partial charge in [0.2, 0.25) is 0 Å². The number of anilines is 1. The van der Waals surface area contributed by atoms with Gasteiger partial charge >= 0.3 is 0 Å². The van der Waals surface area contributed by atoms with Gasteiger partial charge in [-0.3, -0.25) is 9.78 Å². The molecule has 2 N–H and O–H groups in total. The van der Waals surface area contributed by atoms with Crippen LogP contribution in [0.1, 0.15) is 27.3 Å². The van der Waals surface area contributed by atoms with Crippen molar-refractivity contribution < 1.29 is 4.79 Å². The van der Waals surface area contributed by atoms with Gasteiger partial charge in [-0.25, -0.2) is 4.98 Å². The van der Waals surface area contributed by atoms with Gasteiger partial charge < -0.3 is 10.6 Å². The summed E-state index contributed by atoms with van der Waals surface area (Å²) in [4.78, 5) is 21.2. The van der Waals surface area contributed by atoms with E-state index in [1.54, 1.807) is 12.4 Å². The Morgan fingerprint density at radius 2 is 2.25 bits per heavy atom. The van der Waals surface area contributed by atoms with E-state index in [1.165, 1.54) is 11.3 Å². The summed E-state index contributed by atoms with van der Waals surface area (Å²) >= 11 is 1.45. The lowest BCUT2D eigenvalue weighted by Gasteiger charge is -2.07. The lowest BCUT2D eigenvalue weighted by molar-refractivity contribution is 0.0958. The van der Waals surface area contributed by atoms with Gasteiger partial charge in [-0.1, -0.05) is 6.92 Å². The fourth-order valence-electron chi connectivity index (χ4n) is 1.82. The average Bonchev–Trinajstić information content (AvgIpc) is 2.86. The third-order valence-corrected chi connectivity index (χ3v) is 3.76. The number of rotatable bonds is 6. The van der Waals surface area contributed by atoms with Crippen LogP contribution in [0.4, 0.5) is 5.69 Å². The minimum absolute atomic E-state index is 0.0413. The molecule has 2 aromatic heterocycles. The Labute approximate surface area is 122 Å². The number of carbonyl (C=O) groups excluding carboxylic acids is 1. The summed E-state index contributed by atoms with van der Waals surface area (Å²) in [6.07, 6.45) is 4.26. The molecule has 0 spiro atoms. The maximum absolute atomic E-state index is 12.1. The lowest BCUT2D eigenvalue weighted by atomic mass is 10.3. The topological polar surface area (TPSA) is 66.9 Å². The van der Waals surface area contributed by atoms with Gasteiger partial charge in [-0.15, -0.1) is 11.3 Å². The first-order valence-electron chi connectivity index (χ1n) is 6.59. The summed E-state index contributed by atoms with van der Waals surface area (Å²) in [5, 5.41) is 7.03. The van der Waals surface area contributed by atoms with Crippen LogP contribution in [0.5, 0.6) is 0 Å². The van der Waals surface area contributed by atoms with E-state index < -0.39 is 0 Å². The molecule has 2 aromatic rings. The highest BCUT2D eigenvalue weighted by Gasteiger charge is 2.14. The standard InChI is InChI=1S/C14H18N4OS/c1-3-12-13(20-10(2)18-12)14(19)17-8-7-16-11-5-4-6-15-9-11/h4-6,9,16H,3,7-8H2,1-2H3,(H,17,19). The van der Waals surface area contributed by atoms with Gasteiger partial charge in [0.1, 0.15) is 4.88 Å². The second kappa shape index (κ2) is 7.00. The van der Waals surface area contributed by atoms with Crippen molar-refractivity contribution in [2.45, 2.75) is 20.3 Å². The highest BCUT2D eigenvalue weighted by Crippen LogP contribution is 2.18. The van der Waals surface area contributed by atoms with Crippen LogP contribution in [0.2, 0.25) is 0 Å². The fraction of sp³-hybridized carbons (Fsp3) is 0.357. The molecule has 0 aliphatic rings. The first-order valence-corrected chi connectivity index (χ1v) is 7.40. The summed E-state index contributed by atoms with van der Waals surface area (Å²) in [5.74, 6) is -0.0413. The van der Waals surface area contributed by atoms with Crippen LogP contribution < -0.4 is 10.6 Å². The smallest absolute Gasteiger partial charge is 0.263 e. The van der Waals surface area contributed by atoms with Crippen LogP contribution in [0.15, 0.2) is 24.5 Å². The molecule has 2 rings (SSSR count). The van der Waals surface area contributed by atoms with Crippen molar-refractivity contribution >= 4 is 22.9 Å². The highest BCUT2D eigenvalue weighted by molar-refractivity contribution is 7.13. The predicted molar refractivity (Wildman–Crippen MR) is 81.3 cm³/mol.